The van der Waals surface area contributed by atoms with Gasteiger partial charge in [0.15, 0.2) is 0 Å². The summed E-state index contributed by atoms with van der Waals surface area (Å²) in [5, 5.41) is 2.77. The van der Waals surface area contributed by atoms with Crippen molar-refractivity contribution in [1.29, 1.82) is 0 Å². The standard InChI is InChI=1S/C30H25FN2O4S/c1-19-7-8-20(2)23(15-19)18-33-26-16-22(29(34)32-17-21-9-12-24(31)13-10-21)11-14-28(26)38(36,37)27-6-4-3-5-25(27)30(33)35/h3-16H,17-18H2,1-2H3,(H,32,34). The monoisotopic (exact) mass is 528 g/mol. The van der Waals surface area contributed by atoms with Crippen molar-refractivity contribution in [3.05, 3.63) is 124 Å². The second-order valence-corrected chi connectivity index (χ2v) is 11.2. The van der Waals surface area contributed by atoms with Crippen LogP contribution in [0.4, 0.5) is 10.1 Å². The molecule has 1 aliphatic rings. The van der Waals surface area contributed by atoms with Gasteiger partial charge in [0.2, 0.25) is 9.84 Å². The highest BCUT2D eigenvalue weighted by Gasteiger charge is 2.36. The van der Waals surface area contributed by atoms with Crippen LogP contribution in [0.25, 0.3) is 0 Å². The number of carbonyl (C=O) groups excluding carboxylic acids is 2. The number of fused-ring (bicyclic) bond motifs is 2. The van der Waals surface area contributed by atoms with Crippen LogP contribution in [0, 0.1) is 19.7 Å². The smallest absolute Gasteiger partial charge is 0.259 e. The van der Waals surface area contributed by atoms with Crippen LogP contribution in [-0.2, 0) is 22.9 Å². The van der Waals surface area contributed by atoms with Gasteiger partial charge in [-0.1, -0.05) is 48.0 Å². The summed E-state index contributed by atoms with van der Waals surface area (Å²) in [7, 11) is -4.05. The van der Waals surface area contributed by atoms with Gasteiger partial charge in [-0.3, -0.25) is 9.59 Å². The molecule has 0 unspecified atom stereocenters. The molecule has 192 valence electrons. The van der Waals surface area contributed by atoms with Gasteiger partial charge in [0.05, 0.1) is 27.6 Å². The van der Waals surface area contributed by atoms with E-state index in [4.69, 9.17) is 0 Å². The van der Waals surface area contributed by atoms with E-state index in [2.05, 4.69) is 5.32 Å². The van der Waals surface area contributed by atoms with Crippen LogP contribution in [0.2, 0.25) is 0 Å². The third-order valence-electron chi connectivity index (χ3n) is 6.65. The molecular weight excluding hydrogens is 503 g/mol. The summed E-state index contributed by atoms with van der Waals surface area (Å²) in [5.74, 6) is -1.29. The Morgan fingerprint density at radius 1 is 0.895 bits per heavy atom. The van der Waals surface area contributed by atoms with Crippen LogP contribution >= 0.6 is 0 Å². The van der Waals surface area contributed by atoms with E-state index in [0.29, 0.717) is 5.56 Å². The fourth-order valence-corrected chi connectivity index (χ4v) is 6.16. The minimum atomic E-state index is -4.05. The summed E-state index contributed by atoms with van der Waals surface area (Å²) in [4.78, 5) is 28.2. The number of hydrogen-bond donors (Lipinski definition) is 1. The quantitative estimate of drug-likeness (QED) is 0.378. The fraction of sp³-hybridized carbons (Fsp3) is 0.133. The topological polar surface area (TPSA) is 83.6 Å². The van der Waals surface area contributed by atoms with E-state index in [1.165, 1.54) is 47.4 Å². The molecule has 0 spiro atoms. The molecule has 0 aliphatic carbocycles. The van der Waals surface area contributed by atoms with Gasteiger partial charge in [-0.05, 0) is 73.0 Å². The van der Waals surface area contributed by atoms with E-state index in [0.717, 1.165) is 16.7 Å². The van der Waals surface area contributed by atoms with Crippen molar-refractivity contribution in [3.63, 3.8) is 0 Å². The highest BCUT2D eigenvalue weighted by Crippen LogP contribution is 2.38. The average molecular weight is 529 g/mol. The first-order chi connectivity index (χ1) is 18.1. The minimum Gasteiger partial charge on any atom is -0.348 e. The molecule has 0 saturated heterocycles. The van der Waals surface area contributed by atoms with E-state index in [1.54, 1.807) is 24.3 Å². The Hall–Kier alpha value is -4.30. The highest BCUT2D eigenvalue weighted by molar-refractivity contribution is 7.91. The van der Waals surface area contributed by atoms with E-state index < -0.39 is 21.7 Å². The van der Waals surface area contributed by atoms with Crippen molar-refractivity contribution in [1.82, 2.24) is 5.32 Å². The molecule has 0 radical (unpaired) electrons. The number of aryl methyl sites for hydroxylation is 2. The summed E-state index contributed by atoms with van der Waals surface area (Å²) in [6.07, 6.45) is 0. The largest absolute Gasteiger partial charge is 0.348 e. The van der Waals surface area contributed by atoms with Gasteiger partial charge < -0.3 is 10.2 Å². The van der Waals surface area contributed by atoms with Crippen LogP contribution in [0.5, 0.6) is 0 Å². The van der Waals surface area contributed by atoms with Crippen LogP contribution in [0.1, 0.15) is 43.0 Å². The number of nitrogens with zero attached hydrogens (tertiary/aromatic N) is 1. The van der Waals surface area contributed by atoms with Crippen molar-refractivity contribution in [2.24, 2.45) is 0 Å². The predicted molar refractivity (Wildman–Crippen MR) is 142 cm³/mol. The first-order valence-corrected chi connectivity index (χ1v) is 13.5. The zero-order valence-corrected chi connectivity index (χ0v) is 21.7. The number of carbonyl (C=O) groups is 2. The highest BCUT2D eigenvalue weighted by atomic mass is 32.2. The molecule has 0 aromatic heterocycles. The number of benzene rings is 4. The van der Waals surface area contributed by atoms with Crippen molar-refractivity contribution < 1.29 is 22.4 Å². The predicted octanol–water partition coefficient (Wildman–Crippen LogP) is 5.37. The van der Waals surface area contributed by atoms with Gasteiger partial charge in [-0.15, -0.1) is 0 Å². The minimum absolute atomic E-state index is 0.0452. The molecule has 0 saturated carbocycles. The lowest BCUT2D eigenvalue weighted by molar-refractivity contribution is 0.0947. The van der Waals surface area contributed by atoms with Crippen molar-refractivity contribution in [3.8, 4) is 0 Å². The van der Waals surface area contributed by atoms with E-state index in [9.17, 15) is 22.4 Å². The van der Waals surface area contributed by atoms with E-state index >= 15 is 0 Å². The molecule has 1 aliphatic heterocycles. The Labute approximate surface area is 220 Å². The van der Waals surface area contributed by atoms with Crippen LogP contribution < -0.4 is 10.2 Å². The number of rotatable bonds is 5. The van der Waals surface area contributed by atoms with Crippen molar-refractivity contribution >= 4 is 27.3 Å². The fourth-order valence-electron chi connectivity index (χ4n) is 4.53. The Morgan fingerprint density at radius 3 is 2.39 bits per heavy atom. The summed E-state index contributed by atoms with van der Waals surface area (Å²) < 4.78 is 40.6. The lowest BCUT2D eigenvalue weighted by Gasteiger charge is -2.24. The average Bonchev–Trinajstić information content (AvgIpc) is 2.98. The summed E-state index contributed by atoms with van der Waals surface area (Å²) >= 11 is 0. The Morgan fingerprint density at radius 2 is 1.63 bits per heavy atom. The molecule has 4 aromatic rings. The Bertz CT molecular complexity index is 1680. The molecule has 1 N–H and O–H groups in total. The van der Waals surface area contributed by atoms with Gasteiger partial charge in [0.1, 0.15) is 5.82 Å². The number of sulfone groups is 1. The molecule has 6 nitrogen and oxygen atoms in total. The number of anilines is 1. The maximum absolute atomic E-state index is 13.8. The third kappa shape index (κ3) is 4.70. The number of hydrogen-bond acceptors (Lipinski definition) is 4. The molecule has 2 amide bonds. The molecule has 38 heavy (non-hydrogen) atoms. The molecule has 0 fully saturated rings. The van der Waals surface area contributed by atoms with Gasteiger partial charge >= 0.3 is 0 Å². The number of halogens is 1. The molecular formula is C30H25FN2O4S. The molecule has 0 atom stereocenters. The lowest BCUT2D eigenvalue weighted by Crippen LogP contribution is -2.31. The molecule has 8 heteroatoms. The van der Waals surface area contributed by atoms with Gasteiger partial charge in [-0.25, -0.2) is 12.8 Å². The summed E-state index contributed by atoms with van der Waals surface area (Å²) in [5.41, 5.74) is 3.96. The van der Waals surface area contributed by atoms with Crippen molar-refractivity contribution in [2.45, 2.75) is 36.7 Å². The zero-order chi connectivity index (χ0) is 27.0. The van der Waals surface area contributed by atoms with Gasteiger partial charge in [0.25, 0.3) is 11.8 Å². The Kier molecular flexibility index (Phi) is 6.59. The molecule has 1 heterocycles. The Balaban J connectivity index is 1.59. The lowest BCUT2D eigenvalue weighted by atomic mass is 10.0. The second-order valence-electron chi connectivity index (χ2n) is 9.31. The van der Waals surface area contributed by atoms with Crippen LogP contribution in [-0.4, -0.2) is 20.2 Å². The maximum atomic E-state index is 13.8. The van der Waals surface area contributed by atoms with E-state index in [1.807, 2.05) is 32.0 Å². The first-order valence-electron chi connectivity index (χ1n) is 12.0. The molecule has 0 bridgehead atoms. The summed E-state index contributed by atoms with van der Waals surface area (Å²) in [6, 6.07) is 22.1. The normalized spacial score (nSPS) is 13.9. The molecule has 4 aromatic carbocycles. The number of amides is 2. The van der Waals surface area contributed by atoms with Crippen molar-refractivity contribution in [2.75, 3.05) is 4.90 Å². The maximum Gasteiger partial charge on any atom is 0.259 e. The van der Waals surface area contributed by atoms with Gasteiger partial charge in [0, 0.05) is 12.1 Å². The first kappa shape index (κ1) is 25.4. The summed E-state index contributed by atoms with van der Waals surface area (Å²) in [6.45, 7) is 4.17. The van der Waals surface area contributed by atoms with Crippen LogP contribution in [0.3, 0.4) is 0 Å². The number of nitrogens with one attached hydrogen (secondary N) is 1. The second kappa shape index (κ2) is 9.87. The van der Waals surface area contributed by atoms with Crippen LogP contribution in [0.15, 0.2) is 94.7 Å². The molecule has 5 rings (SSSR count). The van der Waals surface area contributed by atoms with E-state index in [-0.39, 0.29) is 45.5 Å². The SMILES string of the molecule is Cc1ccc(C)c(CN2C(=O)c3ccccc3S(=O)(=O)c3ccc(C(=O)NCc4ccc(F)cc4)cc32)c1. The zero-order valence-electron chi connectivity index (χ0n) is 20.9. The van der Waals surface area contributed by atoms with Gasteiger partial charge in [-0.2, -0.15) is 0 Å². The third-order valence-corrected chi connectivity index (χ3v) is 8.51.